The van der Waals surface area contributed by atoms with Crippen molar-refractivity contribution in [1.29, 1.82) is 0 Å². The smallest absolute Gasteiger partial charge is 0.421 e. The summed E-state index contributed by atoms with van der Waals surface area (Å²) in [6, 6.07) is 9.72. The highest BCUT2D eigenvalue weighted by atomic mass is 32.2. The highest BCUT2D eigenvalue weighted by Crippen LogP contribution is 2.41. The molecule has 236 valence electrons. The summed E-state index contributed by atoms with van der Waals surface area (Å²) in [4.78, 5) is 8.39. The number of aromatic nitrogens is 5. The van der Waals surface area contributed by atoms with E-state index in [2.05, 4.69) is 24.9 Å². The van der Waals surface area contributed by atoms with Crippen molar-refractivity contribution < 1.29 is 40.9 Å². The molecule has 0 bridgehead atoms. The molecule has 12 nitrogen and oxygen atoms in total. The molecule has 4 aromatic rings. The highest BCUT2D eigenvalue weighted by molar-refractivity contribution is 7.93. The number of benzene rings is 2. The van der Waals surface area contributed by atoms with Gasteiger partial charge in [0, 0.05) is 25.1 Å². The fraction of sp³-hybridized carbons (Fsp3) is 0.357. The van der Waals surface area contributed by atoms with Gasteiger partial charge >= 0.3 is 6.18 Å². The van der Waals surface area contributed by atoms with Crippen LogP contribution in [0, 0.1) is 6.92 Å². The van der Waals surface area contributed by atoms with Crippen LogP contribution >= 0.6 is 0 Å². The lowest BCUT2D eigenvalue weighted by Gasteiger charge is -2.27. The summed E-state index contributed by atoms with van der Waals surface area (Å²) in [6.07, 6.45) is -3.00. The van der Waals surface area contributed by atoms with Crippen molar-refractivity contribution in [2.75, 3.05) is 26.1 Å². The molecular formula is C28H31F3N6O6S. The molecule has 0 aliphatic rings. The normalized spacial score (nSPS) is 14.9. The molecule has 0 saturated heterocycles. The standard InChI is InChI=1S/C28H31F3N6O6S/c1-16-14-32-24(33-15-16)23(43-6)17(2)44(39,40)36-26-35-34-25(37(26)22-20(41-4)11-8-12-21(22)42-5)18-9-7-10-19(13-18)27(3,38)28(29,30)31/h7-15,17,23,38H,1-6H3,(H,35,36)/t17-,23-,27-/m0/s1. The maximum absolute atomic E-state index is 13.7. The first kappa shape index (κ1) is 32.6. The second kappa shape index (κ2) is 12.4. The van der Waals surface area contributed by atoms with Crippen molar-refractivity contribution in [2.45, 2.75) is 43.9 Å². The number of anilines is 1. The Bertz CT molecular complexity index is 1710. The summed E-state index contributed by atoms with van der Waals surface area (Å²) < 4.78 is 88.7. The lowest BCUT2D eigenvalue weighted by atomic mass is 9.93. The van der Waals surface area contributed by atoms with Crippen molar-refractivity contribution in [1.82, 2.24) is 24.7 Å². The minimum atomic E-state index is -4.98. The van der Waals surface area contributed by atoms with Crippen LogP contribution in [-0.2, 0) is 20.4 Å². The van der Waals surface area contributed by atoms with Gasteiger partial charge in [-0.05, 0) is 50.1 Å². The zero-order valence-electron chi connectivity index (χ0n) is 24.6. The number of aryl methyl sites for hydroxylation is 1. The van der Waals surface area contributed by atoms with Crippen LogP contribution in [0.2, 0.25) is 0 Å². The molecular weight excluding hydrogens is 605 g/mol. The monoisotopic (exact) mass is 636 g/mol. The summed E-state index contributed by atoms with van der Waals surface area (Å²) in [5.41, 5.74) is -2.66. The molecule has 44 heavy (non-hydrogen) atoms. The Hall–Kier alpha value is -4.28. The van der Waals surface area contributed by atoms with Crippen LogP contribution in [-0.4, -0.2) is 71.0 Å². The van der Waals surface area contributed by atoms with Gasteiger partial charge in [0.2, 0.25) is 16.0 Å². The Kier molecular flexibility index (Phi) is 9.18. The summed E-state index contributed by atoms with van der Waals surface area (Å²) in [5.74, 6) is 0.142. The number of hydrogen-bond acceptors (Lipinski definition) is 10. The van der Waals surface area contributed by atoms with Crippen molar-refractivity contribution in [3.05, 3.63) is 71.8 Å². The number of sulfonamides is 1. The van der Waals surface area contributed by atoms with Gasteiger partial charge in [-0.15, -0.1) is 10.2 Å². The molecule has 0 unspecified atom stereocenters. The van der Waals surface area contributed by atoms with E-state index in [1.54, 1.807) is 25.1 Å². The predicted molar refractivity (Wildman–Crippen MR) is 154 cm³/mol. The minimum Gasteiger partial charge on any atom is -0.494 e. The van der Waals surface area contributed by atoms with Crippen molar-refractivity contribution >= 4 is 16.0 Å². The van der Waals surface area contributed by atoms with E-state index < -0.39 is 38.7 Å². The Labute approximate surface area is 251 Å². The topological polar surface area (TPSA) is 151 Å². The third-order valence-electron chi connectivity index (χ3n) is 6.98. The van der Waals surface area contributed by atoms with E-state index in [1.165, 1.54) is 57.3 Å². The van der Waals surface area contributed by atoms with E-state index in [0.717, 1.165) is 17.7 Å². The van der Waals surface area contributed by atoms with Gasteiger partial charge in [-0.25, -0.2) is 18.4 Å². The largest absolute Gasteiger partial charge is 0.494 e. The van der Waals surface area contributed by atoms with Gasteiger partial charge in [-0.1, -0.05) is 24.3 Å². The molecule has 16 heteroatoms. The molecule has 0 radical (unpaired) electrons. The first-order valence-corrected chi connectivity index (χ1v) is 14.6. The number of nitrogens with zero attached hydrogens (tertiary/aromatic N) is 5. The van der Waals surface area contributed by atoms with E-state index in [9.17, 15) is 26.7 Å². The molecule has 0 aliphatic carbocycles. The maximum atomic E-state index is 13.7. The number of hydrogen-bond donors (Lipinski definition) is 2. The first-order valence-electron chi connectivity index (χ1n) is 13.1. The van der Waals surface area contributed by atoms with E-state index in [-0.39, 0.29) is 40.3 Å². The van der Waals surface area contributed by atoms with E-state index in [1.807, 2.05) is 0 Å². The summed E-state index contributed by atoms with van der Waals surface area (Å²) in [7, 11) is -0.248. The molecule has 2 aromatic heterocycles. The number of para-hydroxylation sites is 1. The number of nitrogens with one attached hydrogen (secondary N) is 1. The van der Waals surface area contributed by atoms with E-state index in [4.69, 9.17) is 14.2 Å². The van der Waals surface area contributed by atoms with Crippen molar-refractivity contribution in [3.63, 3.8) is 0 Å². The quantitative estimate of drug-likeness (QED) is 0.243. The lowest BCUT2D eigenvalue weighted by molar-refractivity contribution is -0.258. The van der Waals surface area contributed by atoms with Crippen LogP contribution in [0.1, 0.15) is 36.9 Å². The Morgan fingerprint density at radius 1 is 0.977 bits per heavy atom. The molecule has 2 N–H and O–H groups in total. The van der Waals surface area contributed by atoms with Crippen LogP contribution in [0.25, 0.3) is 17.1 Å². The number of halogens is 3. The minimum absolute atomic E-state index is 0.0776. The third-order valence-corrected chi connectivity index (χ3v) is 8.68. The predicted octanol–water partition coefficient (Wildman–Crippen LogP) is 4.34. The second-order valence-corrected chi connectivity index (χ2v) is 12.0. The van der Waals surface area contributed by atoms with Crippen molar-refractivity contribution in [2.24, 2.45) is 0 Å². The Morgan fingerprint density at radius 3 is 2.11 bits per heavy atom. The average molecular weight is 637 g/mol. The van der Waals surface area contributed by atoms with Gasteiger partial charge in [0.15, 0.2) is 17.2 Å². The van der Waals surface area contributed by atoms with Gasteiger partial charge in [0.05, 0.1) is 14.2 Å². The van der Waals surface area contributed by atoms with Gasteiger partial charge < -0.3 is 19.3 Å². The number of alkyl halides is 3. The SMILES string of the molecule is COc1cccc(OC)c1-n1c(NS(=O)(=O)[C@@H](C)[C@H](OC)c2ncc(C)cn2)nnc1-c1cccc([C@](C)(O)C(F)(F)F)c1. The number of methoxy groups -OCH3 is 3. The molecule has 0 amide bonds. The molecule has 0 fully saturated rings. The van der Waals surface area contributed by atoms with E-state index in [0.29, 0.717) is 6.92 Å². The van der Waals surface area contributed by atoms with Gasteiger partial charge in [-0.3, -0.25) is 9.29 Å². The number of rotatable bonds is 11. The molecule has 0 saturated carbocycles. The summed E-state index contributed by atoms with van der Waals surface area (Å²) >= 11 is 0. The van der Waals surface area contributed by atoms with Crippen LogP contribution < -0.4 is 14.2 Å². The second-order valence-electron chi connectivity index (χ2n) is 9.97. The molecule has 2 heterocycles. The van der Waals surface area contributed by atoms with Gasteiger partial charge in [0.25, 0.3) is 0 Å². The average Bonchev–Trinajstić information content (AvgIpc) is 3.39. The zero-order valence-corrected chi connectivity index (χ0v) is 25.4. The van der Waals surface area contributed by atoms with Crippen LogP contribution in [0.4, 0.5) is 19.1 Å². The summed E-state index contributed by atoms with van der Waals surface area (Å²) in [6.45, 7) is 3.81. The lowest BCUT2D eigenvalue weighted by Crippen LogP contribution is -2.39. The van der Waals surface area contributed by atoms with Crippen LogP contribution in [0.3, 0.4) is 0 Å². The van der Waals surface area contributed by atoms with Crippen LogP contribution in [0.15, 0.2) is 54.9 Å². The zero-order chi connectivity index (χ0) is 32.4. The van der Waals surface area contributed by atoms with Crippen LogP contribution in [0.5, 0.6) is 11.5 Å². The fourth-order valence-electron chi connectivity index (χ4n) is 4.37. The van der Waals surface area contributed by atoms with Gasteiger partial charge in [-0.2, -0.15) is 13.2 Å². The molecule has 3 atom stereocenters. The maximum Gasteiger partial charge on any atom is 0.421 e. The molecule has 4 rings (SSSR count). The van der Waals surface area contributed by atoms with E-state index >= 15 is 0 Å². The number of aliphatic hydroxyl groups is 1. The van der Waals surface area contributed by atoms with Gasteiger partial charge in [0.1, 0.15) is 28.5 Å². The number of ether oxygens (including phenoxy) is 3. The Balaban J connectivity index is 1.89. The molecule has 0 aliphatic heterocycles. The summed E-state index contributed by atoms with van der Waals surface area (Å²) in [5, 5.41) is 17.3. The molecule has 2 aromatic carbocycles. The molecule has 0 spiro atoms. The third kappa shape index (κ3) is 6.18. The fourth-order valence-corrected chi connectivity index (χ4v) is 5.50. The first-order chi connectivity index (χ1) is 20.7. The highest BCUT2D eigenvalue weighted by Gasteiger charge is 2.51. The van der Waals surface area contributed by atoms with Crippen molar-refractivity contribution in [3.8, 4) is 28.6 Å². The Morgan fingerprint density at radius 2 is 1.57 bits per heavy atom.